The van der Waals surface area contributed by atoms with Crippen LogP contribution in [-0.4, -0.2) is 17.4 Å². The summed E-state index contributed by atoms with van der Waals surface area (Å²) < 4.78 is 0. The predicted octanol–water partition coefficient (Wildman–Crippen LogP) is 4.48. The summed E-state index contributed by atoms with van der Waals surface area (Å²) in [7, 11) is 0. The third-order valence-corrected chi connectivity index (χ3v) is 5.20. The van der Waals surface area contributed by atoms with Gasteiger partial charge in [0, 0.05) is 16.4 Å². The van der Waals surface area contributed by atoms with Gasteiger partial charge in [0.2, 0.25) is 5.91 Å². The van der Waals surface area contributed by atoms with Crippen LogP contribution in [0.5, 0.6) is 0 Å². The average Bonchev–Trinajstić information content (AvgIpc) is 2.93. The minimum Gasteiger partial charge on any atom is -0.335 e. The Morgan fingerprint density at radius 1 is 1.35 bits per heavy atom. The number of nitrogens with zero attached hydrogens (tertiary/aromatic N) is 1. The molecule has 0 saturated carbocycles. The number of halogens is 1. The number of thiophene rings is 1. The first-order chi connectivity index (χ1) is 9.66. The minimum absolute atomic E-state index is 0.0508. The summed E-state index contributed by atoms with van der Waals surface area (Å²) in [5.74, 6) is 0.170. The summed E-state index contributed by atoms with van der Waals surface area (Å²) >= 11 is 7.56. The van der Waals surface area contributed by atoms with E-state index >= 15 is 0 Å². The fraction of sp³-hybridized carbons (Fsp3) is 0.312. The van der Waals surface area contributed by atoms with Gasteiger partial charge in [-0.2, -0.15) is 0 Å². The van der Waals surface area contributed by atoms with Crippen molar-refractivity contribution in [2.75, 3.05) is 6.54 Å². The van der Waals surface area contributed by atoms with Crippen molar-refractivity contribution in [1.29, 1.82) is 0 Å². The number of carbonyl (C=O) groups excluding carboxylic acids is 1. The van der Waals surface area contributed by atoms with Crippen LogP contribution in [0, 0.1) is 0 Å². The van der Waals surface area contributed by atoms with E-state index in [0.717, 1.165) is 22.9 Å². The molecule has 3 rings (SSSR count). The van der Waals surface area contributed by atoms with Gasteiger partial charge in [0.05, 0.1) is 12.0 Å². The van der Waals surface area contributed by atoms with Crippen LogP contribution in [0.15, 0.2) is 41.8 Å². The van der Waals surface area contributed by atoms with Gasteiger partial charge in [-0.1, -0.05) is 29.8 Å². The van der Waals surface area contributed by atoms with Gasteiger partial charge in [-0.3, -0.25) is 4.79 Å². The number of likely N-dealkylation sites (tertiary alicyclic amines) is 1. The molecule has 1 saturated heterocycles. The van der Waals surface area contributed by atoms with Crippen molar-refractivity contribution < 1.29 is 4.79 Å². The zero-order chi connectivity index (χ0) is 14.1. The Kier molecular flexibility index (Phi) is 3.81. The second-order valence-corrected chi connectivity index (χ2v) is 6.54. The van der Waals surface area contributed by atoms with Crippen LogP contribution in [0.4, 0.5) is 0 Å². The molecule has 104 valence electrons. The summed E-state index contributed by atoms with van der Waals surface area (Å²) in [4.78, 5) is 15.7. The first kappa shape index (κ1) is 13.7. The molecule has 2 nitrogen and oxygen atoms in total. The van der Waals surface area contributed by atoms with Gasteiger partial charge in [0.25, 0.3) is 0 Å². The second kappa shape index (κ2) is 5.58. The maximum Gasteiger partial charge on any atom is 0.231 e. The summed E-state index contributed by atoms with van der Waals surface area (Å²) in [6.45, 7) is 2.84. The number of amides is 1. The van der Waals surface area contributed by atoms with Gasteiger partial charge in [0.15, 0.2) is 0 Å². The summed E-state index contributed by atoms with van der Waals surface area (Å²) in [6, 6.07) is 12.1. The monoisotopic (exact) mass is 305 g/mol. The zero-order valence-electron chi connectivity index (χ0n) is 11.3. The largest absolute Gasteiger partial charge is 0.335 e. The molecule has 0 aliphatic carbocycles. The lowest BCUT2D eigenvalue weighted by molar-refractivity contribution is -0.140. The van der Waals surface area contributed by atoms with Crippen molar-refractivity contribution in [3.8, 4) is 0 Å². The predicted molar refractivity (Wildman–Crippen MR) is 83.3 cm³/mol. The molecule has 2 unspecified atom stereocenters. The van der Waals surface area contributed by atoms with E-state index in [1.54, 1.807) is 11.3 Å². The van der Waals surface area contributed by atoms with Crippen LogP contribution in [0.25, 0.3) is 0 Å². The van der Waals surface area contributed by atoms with E-state index in [1.807, 2.05) is 53.6 Å². The molecule has 1 aliphatic rings. The molecule has 20 heavy (non-hydrogen) atoms. The molecule has 2 heterocycles. The fourth-order valence-corrected chi connectivity index (χ4v) is 3.49. The van der Waals surface area contributed by atoms with Crippen LogP contribution in [0.3, 0.4) is 0 Å². The van der Waals surface area contributed by atoms with E-state index in [2.05, 4.69) is 0 Å². The fourth-order valence-electron chi connectivity index (χ4n) is 2.59. The molecule has 1 fully saturated rings. The summed E-state index contributed by atoms with van der Waals surface area (Å²) in [5.41, 5.74) is 1.17. The Morgan fingerprint density at radius 2 is 2.10 bits per heavy atom. The maximum absolute atomic E-state index is 12.6. The topological polar surface area (TPSA) is 20.3 Å². The molecule has 1 amide bonds. The third-order valence-electron chi connectivity index (χ3n) is 3.90. The highest BCUT2D eigenvalue weighted by molar-refractivity contribution is 7.10. The molecule has 2 atom stereocenters. The second-order valence-electron chi connectivity index (χ2n) is 5.12. The van der Waals surface area contributed by atoms with Crippen LogP contribution in [0.1, 0.15) is 35.7 Å². The molecular formula is C16H16ClNOS. The lowest BCUT2D eigenvalue weighted by Gasteiger charge is -2.42. The van der Waals surface area contributed by atoms with Gasteiger partial charge in [-0.25, -0.2) is 0 Å². The van der Waals surface area contributed by atoms with Gasteiger partial charge in [-0.15, -0.1) is 11.3 Å². The van der Waals surface area contributed by atoms with Crippen LogP contribution in [0.2, 0.25) is 5.02 Å². The highest BCUT2D eigenvalue weighted by Gasteiger charge is 2.35. The van der Waals surface area contributed by atoms with Gasteiger partial charge in [-0.05, 0) is 42.5 Å². The first-order valence-electron chi connectivity index (χ1n) is 6.76. The van der Waals surface area contributed by atoms with E-state index in [0.29, 0.717) is 0 Å². The summed E-state index contributed by atoms with van der Waals surface area (Å²) in [6.07, 6.45) is 1.03. The summed E-state index contributed by atoms with van der Waals surface area (Å²) in [5, 5.41) is 2.75. The first-order valence-corrected chi connectivity index (χ1v) is 8.02. The molecular weight excluding hydrogens is 290 g/mol. The van der Waals surface area contributed by atoms with Crippen LogP contribution >= 0.6 is 22.9 Å². The Morgan fingerprint density at radius 3 is 2.65 bits per heavy atom. The van der Waals surface area contributed by atoms with Crippen molar-refractivity contribution in [3.05, 3.63) is 57.2 Å². The lowest BCUT2D eigenvalue weighted by Crippen LogP contribution is -2.46. The van der Waals surface area contributed by atoms with E-state index in [1.165, 1.54) is 5.56 Å². The van der Waals surface area contributed by atoms with E-state index in [9.17, 15) is 4.79 Å². The number of hydrogen-bond acceptors (Lipinski definition) is 2. The Hall–Kier alpha value is -1.32. The molecule has 4 heteroatoms. The molecule has 0 N–H and O–H groups in total. The number of rotatable bonds is 3. The third kappa shape index (κ3) is 2.48. The molecule has 1 aliphatic heterocycles. The molecule has 0 radical (unpaired) electrons. The Balaban J connectivity index is 1.74. The normalized spacial score (nSPS) is 19.5. The maximum atomic E-state index is 12.6. The molecule has 2 aromatic rings. The van der Waals surface area contributed by atoms with Crippen molar-refractivity contribution in [2.45, 2.75) is 25.3 Å². The molecule has 0 bridgehead atoms. The van der Waals surface area contributed by atoms with E-state index in [-0.39, 0.29) is 17.9 Å². The van der Waals surface area contributed by atoms with Gasteiger partial charge in [0.1, 0.15) is 0 Å². The number of benzene rings is 1. The van der Waals surface area contributed by atoms with E-state index < -0.39 is 0 Å². The molecule has 1 aromatic heterocycles. The zero-order valence-corrected chi connectivity index (χ0v) is 12.8. The minimum atomic E-state index is -0.0508. The van der Waals surface area contributed by atoms with Gasteiger partial charge >= 0.3 is 0 Å². The highest BCUT2D eigenvalue weighted by Crippen LogP contribution is 2.36. The van der Waals surface area contributed by atoms with Crippen LogP contribution < -0.4 is 0 Å². The van der Waals surface area contributed by atoms with Crippen molar-refractivity contribution in [3.63, 3.8) is 0 Å². The number of hydrogen-bond donors (Lipinski definition) is 0. The molecule has 1 aromatic carbocycles. The standard InChI is InChI=1S/C16H16ClNOS/c1-11(15-3-2-10-20-15)16(19)18-9-8-14(18)12-4-6-13(17)7-5-12/h2-7,10-11,14H,8-9H2,1H3. The smallest absolute Gasteiger partial charge is 0.231 e. The van der Waals surface area contributed by atoms with Crippen molar-refractivity contribution in [1.82, 2.24) is 4.90 Å². The average molecular weight is 306 g/mol. The van der Waals surface area contributed by atoms with Gasteiger partial charge < -0.3 is 4.90 Å². The lowest BCUT2D eigenvalue weighted by atomic mass is 9.92. The van der Waals surface area contributed by atoms with Crippen LogP contribution in [-0.2, 0) is 4.79 Å². The Bertz CT molecular complexity index is 593. The van der Waals surface area contributed by atoms with Crippen molar-refractivity contribution in [2.24, 2.45) is 0 Å². The SMILES string of the molecule is CC(C(=O)N1CCC1c1ccc(Cl)cc1)c1cccs1. The number of carbonyl (C=O) groups is 1. The van der Waals surface area contributed by atoms with E-state index in [4.69, 9.17) is 11.6 Å². The quantitative estimate of drug-likeness (QED) is 0.819. The Labute approximate surface area is 128 Å². The van der Waals surface area contributed by atoms with Crippen molar-refractivity contribution >= 4 is 28.8 Å². The highest BCUT2D eigenvalue weighted by atomic mass is 35.5. The molecule has 0 spiro atoms.